The molecule has 2 aromatic carbocycles. The number of methoxy groups -OCH3 is 1. The fourth-order valence-corrected chi connectivity index (χ4v) is 1.75. The molecule has 0 fully saturated rings. The van der Waals surface area contributed by atoms with E-state index in [-0.39, 0.29) is 0 Å². The second kappa shape index (κ2) is 5.44. The summed E-state index contributed by atoms with van der Waals surface area (Å²) >= 11 is 5.92. The van der Waals surface area contributed by atoms with Crippen molar-refractivity contribution in [2.24, 2.45) is 0 Å². The van der Waals surface area contributed by atoms with E-state index in [1.54, 1.807) is 25.3 Å². The molecule has 18 heavy (non-hydrogen) atoms. The second-order valence-electron chi connectivity index (χ2n) is 3.66. The summed E-state index contributed by atoms with van der Waals surface area (Å²) < 4.78 is 5.14. The van der Waals surface area contributed by atoms with Gasteiger partial charge < -0.3 is 10.1 Å². The van der Waals surface area contributed by atoms with Crippen molar-refractivity contribution < 1.29 is 4.74 Å². The van der Waals surface area contributed by atoms with E-state index in [1.807, 2.05) is 24.3 Å². The van der Waals surface area contributed by atoms with Gasteiger partial charge in [0.25, 0.3) is 0 Å². The molecule has 0 heterocycles. The van der Waals surface area contributed by atoms with Crippen molar-refractivity contribution in [3.05, 3.63) is 53.1 Å². The molecule has 0 radical (unpaired) electrons. The Morgan fingerprint density at radius 3 is 2.78 bits per heavy atom. The number of benzene rings is 2. The minimum atomic E-state index is 0.544. The Hall–Kier alpha value is -2.18. The van der Waals surface area contributed by atoms with Gasteiger partial charge in [0.1, 0.15) is 11.8 Å². The third-order valence-corrected chi connectivity index (χ3v) is 2.69. The highest BCUT2D eigenvalue weighted by atomic mass is 35.5. The van der Waals surface area contributed by atoms with Crippen LogP contribution in [0.2, 0.25) is 5.02 Å². The molecule has 0 aliphatic carbocycles. The Morgan fingerprint density at radius 2 is 2.06 bits per heavy atom. The number of hydrogen-bond acceptors (Lipinski definition) is 3. The van der Waals surface area contributed by atoms with Crippen molar-refractivity contribution >= 4 is 23.0 Å². The lowest BCUT2D eigenvalue weighted by molar-refractivity contribution is 0.415. The van der Waals surface area contributed by atoms with Gasteiger partial charge in [-0.25, -0.2) is 0 Å². The lowest BCUT2D eigenvalue weighted by Gasteiger charge is -2.09. The van der Waals surface area contributed by atoms with Gasteiger partial charge in [-0.2, -0.15) is 5.26 Å². The SMILES string of the molecule is COc1cccc(Nc2cc(Cl)ccc2C#N)c1. The quantitative estimate of drug-likeness (QED) is 0.906. The van der Waals surface area contributed by atoms with Crippen LogP contribution in [0.1, 0.15) is 5.56 Å². The first kappa shape index (κ1) is 12.3. The Balaban J connectivity index is 2.33. The molecule has 0 bridgehead atoms. The van der Waals surface area contributed by atoms with E-state index in [0.29, 0.717) is 16.3 Å². The van der Waals surface area contributed by atoms with Gasteiger partial charge in [-0.15, -0.1) is 0 Å². The summed E-state index contributed by atoms with van der Waals surface area (Å²) in [6.07, 6.45) is 0. The molecule has 90 valence electrons. The molecule has 4 heteroatoms. The van der Waals surface area contributed by atoms with Crippen LogP contribution in [0.5, 0.6) is 5.75 Å². The fourth-order valence-electron chi connectivity index (χ4n) is 1.57. The van der Waals surface area contributed by atoms with E-state index in [2.05, 4.69) is 11.4 Å². The Kier molecular flexibility index (Phi) is 3.71. The first-order chi connectivity index (χ1) is 8.72. The van der Waals surface area contributed by atoms with Crippen LogP contribution in [-0.2, 0) is 0 Å². The number of anilines is 2. The first-order valence-electron chi connectivity index (χ1n) is 5.33. The topological polar surface area (TPSA) is 45.0 Å². The Bertz CT molecular complexity index is 605. The monoisotopic (exact) mass is 258 g/mol. The number of ether oxygens (including phenoxy) is 1. The van der Waals surface area contributed by atoms with Crippen molar-refractivity contribution in [1.29, 1.82) is 5.26 Å². The fraction of sp³-hybridized carbons (Fsp3) is 0.0714. The number of rotatable bonds is 3. The van der Waals surface area contributed by atoms with Crippen LogP contribution in [0, 0.1) is 11.3 Å². The summed E-state index contributed by atoms with van der Waals surface area (Å²) in [7, 11) is 1.61. The molecule has 1 N–H and O–H groups in total. The molecule has 0 saturated heterocycles. The summed E-state index contributed by atoms with van der Waals surface area (Å²) in [5.74, 6) is 0.750. The van der Waals surface area contributed by atoms with Gasteiger partial charge >= 0.3 is 0 Å². The maximum atomic E-state index is 9.03. The molecular formula is C14H11ClN2O. The third-order valence-electron chi connectivity index (χ3n) is 2.45. The van der Waals surface area contributed by atoms with Crippen LogP contribution in [0.15, 0.2) is 42.5 Å². The zero-order valence-electron chi connectivity index (χ0n) is 9.77. The summed E-state index contributed by atoms with van der Waals surface area (Å²) in [6.45, 7) is 0. The van der Waals surface area contributed by atoms with Crippen molar-refractivity contribution in [3.63, 3.8) is 0 Å². The summed E-state index contributed by atoms with van der Waals surface area (Å²) in [5, 5.41) is 12.8. The number of nitrogens with one attached hydrogen (secondary N) is 1. The summed E-state index contributed by atoms with van der Waals surface area (Å²) in [6, 6.07) is 14.7. The van der Waals surface area contributed by atoms with E-state index >= 15 is 0 Å². The minimum absolute atomic E-state index is 0.544. The van der Waals surface area contributed by atoms with Gasteiger partial charge in [-0.1, -0.05) is 17.7 Å². The Morgan fingerprint density at radius 1 is 1.22 bits per heavy atom. The molecule has 2 aromatic rings. The zero-order chi connectivity index (χ0) is 13.0. The molecule has 0 aliphatic heterocycles. The highest BCUT2D eigenvalue weighted by molar-refractivity contribution is 6.30. The van der Waals surface area contributed by atoms with Crippen LogP contribution in [0.4, 0.5) is 11.4 Å². The number of halogens is 1. The molecule has 0 aromatic heterocycles. The van der Waals surface area contributed by atoms with Crippen molar-refractivity contribution in [1.82, 2.24) is 0 Å². The van der Waals surface area contributed by atoms with Gasteiger partial charge in [-0.3, -0.25) is 0 Å². The first-order valence-corrected chi connectivity index (χ1v) is 5.71. The Labute approximate surface area is 111 Å². The van der Waals surface area contributed by atoms with Crippen LogP contribution < -0.4 is 10.1 Å². The number of nitrogens with zero attached hydrogens (tertiary/aromatic N) is 1. The lowest BCUT2D eigenvalue weighted by atomic mass is 10.2. The van der Waals surface area contributed by atoms with Crippen LogP contribution in [0.3, 0.4) is 0 Å². The van der Waals surface area contributed by atoms with Gasteiger partial charge in [0.15, 0.2) is 0 Å². The summed E-state index contributed by atoms with van der Waals surface area (Å²) in [5.41, 5.74) is 2.06. The number of nitriles is 1. The maximum absolute atomic E-state index is 9.03. The average molecular weight is 259 g/mol. The molecule has 3 nitrogen and oxygen atoms in total. The standard InChI is InChI=1S/C14H11ClN2O/c1-18-13-4-2-3-12(8-13)17-14-7-11(15)6-5-10(14)9-16/h2-8,17H,1H3. The van der Waals surface area contributed by atoms with E-state index < -0.39 is 0 Å². The predicted octanol–water partition coefficient (Wildman–Crippen LogP) is 3.96. The second-order valence-corrected chi connectivity index (χ2v) is 4.10. The van der Waals surface area contributed by atoms with Crippen LogP contribution in [0.25, 0.3) is 0 Å². The lowest BCUT2D eigenvalue weighted by Crippen LogP contribution is -1.94. The largest absolute Gasteiger partial charge is 0.497 e. The highest BCUT2D eigenvalue weighted by Gasteiger charge is 2.04. The molecular weight excluding hydrogens is 248 g/mol. The number of hydrogen-bond donors (Lipinski definition) is 1. The predicted molar refractivity (Wildman–Crippen MR) is 72.4 cm³/mol. The zero-order valence-corrected chi connectivity index (χ0v) is 10.5. The molecule has 0 atom stereocenters. The van der Waals surface area contributed by atoms with Gasteiger partial charge in [0.2, 0.25) is 0 Å². The van der Waals surface area contributed by atoms with Crippen molar-refractivity contribution in [3.8, 4) is 11.8 Å². The average Bonchev–Trinajstić information content (AvgIpc) is 2.39. The smallest absolute Gasteiger partial charge is 0.120 e. The highest BCUT2D eigenvalue weighted by Crippen LogP contribution is 2.26. The van der Waals surface area contributed by atoms with E-state index in [1.165, 1.54) is 0 Å². The van der Waals surface area contributed by atoms with Crippen molar-refractivity contribution in [2.75, 3.05) is 12.4 Å². The maximum Gasteiger partial charge on any atom is 0.120 e. The molecule has 2 rings (SSSR count). The van der Waals surface area contributed by atoms with E-state index in [4.69, 9.17) is 21.6 Å². The van der Waals surface area contributed by atoms with E-state index in [9.17, 15) is 0 Å². The normalized spacial score (nSPS) is 9.61. The molecule has 0 aliphatic rings. The third kappa shape index (κ3) is 2.73. The van der Waals surface area contributed by atoms with Gasteiger partial charge in [-0.05, 0) is 30.3 Å². The van der Waals surface area contributed by atoms with Crippen LogP contribution >= 0.6 is 11.6 Å². The van der Waals surface area contributed by atoms with Gasteiger partial charge in [0.05, 0.1) is 18.4 Å². The molecule has 0 amide bonds. The molecule has 0 spiro atoms. The minimum Gasteiger partial charge on any atom is -0.497 e. The summed E-state index contributed by atoms with van der Waals surface area (Å²) in [4.78, 5) is 0. The molecule has 0 saturated carbocycles. The van der Waals surface area contributed by atoms with Crippen LogP contribution in [-0.4, -0.2) is 7.11 Å². The molecule has 0 unspecified atom stereocenters. The van der Waals surface area contributed by atoms with Gasteiger partial charge in [0, 0.05) is 16.8 Å². The van der Waals surface area contributed by atoms with E-state index in [0.717, 1.165) is 11.4 Å². The van der Waals surface area contributed by atoms with Crippen molar-refractivity contribution in [2.45, 2.75) is 0 Å².